The average molecular weight is 337 g/mol. The van der Waals surface area contributed by atoms with Gasteiger partial charge in [0.05, 0.1) is 13.1 Å². The standard InChI is InChI=1S/C17H27N3O4/c1-18-12-17(24-16(18)23)8-5-10-20(13-17)15(22)7-11-19-9-4-2-3-6-14(19)21/h2-13H2,1H3. The molecule has 3 rings (SSSR count). The fraction of sp³-hybridized carbons (Fsp3) is 0.824. The van der Waals surface area contributed by atoms with Crippen molar-refractivity contribution in [3.63, 3.8) is 0 Å². The summed E-state index contributed by atoms with van der Waals surface area (Å²) in [6.45, 7) is 2.98. The highest BCUT2D eigenvalue weighted by molar-refractivity contribution is 5.79. The van der Waals surface area contributed by atoms with Crippen LogP contribution in [0.2, 0.25) is 0 Å². The van der Waals surface area contributed by atoms with E-state index in [4.69, 9.17) is 4.74 Å². The maximum absolute atomic E-state index is 12.6. The SMILES string of the molecule is CN1CC2(CCCN(C(=O)CCN3CCCCCC3=O)C2)OC1=O. The maximum Gasteiger partial charge on any atom is 0.410 e. The molecule has 7 nitrogen and oxygen atoms in total. The van der Waals surface area contributed by atoms with Crippen molar-refractivity contribution in [3.05, 3.63) is 0 Å². The first-order valence-electron chi connectivity index (χ1n) is 8.99. The number of ether oxygens (including phenoxy) is 1. The monoisotopic (exact) mass is 337 g/mol. The Balaban J connectivity index is 1.53. The Morgan fingerprint density at radius 3 is 2.71 bits per heavy atom. The van der Waals surface area contributed by atoms with Gasteiger partial charge in [-0.05, 0) is 25.7 Å². The van der Waals surface area contributed by atoms with E-state index in [2.05, 4.69) is 0 Å². The maximum atomic E-state index is 12.6. The number of nitrogens with zero attached hydrogens (tertiary/aromatic N) is 3. The van der Waals surface area contributed by atoms with Crippen molar-refractivity contribution in [2.24, 2.45) is 0 Å². The topological polar surface area (TPSA) is 70.2 Å². The van der Waals surface area contributed by atoms with Gasteiger partial charge in [-0.1, -0.05) is 6.42 Å². The van der Waals surface area contributed by atoms with Crippen molar-refractivity contribution in [1.82, 2.24) is 14.7 Å². The van der Waals surface area contributed by atoms with Gasteiger partial charge in [0.1, 0.15) is 5.60 Å². The summed E-state index contributed by atoms with van der Waals surface area (Å²) in [5.41, 5.74) is -0.543. The van der Waals surface area contributed by atoms with Gasteiger partial charge in [-0.2, -0.15) is 0 Å². The van der Waals surface area contributed by atoms with Gasteiger partial charge >= 0.3 is 6.09 Å². The molecule has 0 aromatic rings. The van der Waals surface area contributed by atoms with Crippen LogP contribution in [-0.2, 0) is 14.3 Å². The Morgan fingerprint density at radius 1 is 1.12 bits per heavy atom. The molecule has 3 amide bonds. The number of piperidine rings is 1. The number of amides is 3. The zero-order chi connectivity index (χ0) is 17.2. The number of likely N-dealkylation sites (tertiary alicyclic amines) is 2. The van der Waals surface area contributed by atoms with Gasteiger partial charge in [0, 0.05) is 39.5 Å². The summed E-state index contributed by atoms with van der Waals surface area (Å²) in [6.07, 6.45) is 5.36. The van der Waals surface area contributed by atoms with Gasteiger partial charge in [0.15, 0.2) is 0 Å². The smallest absolute Gasteiger partial charge is 0.410 e. The highest BCUT2D eigenvalue weighted by Crippen LogP contribution is 2.31. The van der Waals surface area contributed by atoms with Gasteiger partial charge < -0.3 is 19.4 Å². The van der Waals surface area contributed by atoms with Crippen LogP contribution >= 0.6 is 0 Å². The molecule has 3 fully saturated rings. The molecule has 0 radical (unpaired) electrons. The number of carbonyl (C=O) groups is 3. The molecule has 7 heteroatoms. The van der Waals surface area contributed by atoms with Crippen LogP contribution in [0.5, 0.6) is 0 Å². The number of hydrogen-bond donors (Lipinski definition) is 0. The normalized spacial score (nSPS) is 28.3. The Hall–Kier alpha value is -1.79. The molecule has 1 unspecified atom stereocenters. The van der Waals surface area contributed by atoms with E-state index in [-0.39, 0.29) is 17.9 Å². The lowest BCUT2D eigenvalue weighted by Gasteiger charge is -2.38. The Labute approximate surface area is 142 Å². The lowest BCUT2D eigenvalue weighted by Crippen LogP contribution is -2.52. The first kappa shape index (κ1) is 17.0. The van der Waals surface area contributed by atoms with Crippen LogP contribution in [0.15, 0.2) is 0 Å². The van der Waals surface area contributed by atoms with Crippen LogP contribution in [0.3, 0.4) is 0 Å². The number of rotatable bonds is 3. The predicted octanol–water partition coefficient (Wildman–Crippen LogP) is 1.22. The third-order valence-corrected chi connectivity index (χ3v) is 5.30. The molecule has 3 aliphatic rings. The van der Waals surface area contributed by atoms with Crippen molar-refractivity contribution in [3.8, 4) is 0 Å². The summed E-state index contributed by atoms with van der Waals surface area (Å²) >= 11 is 0. The van der Waals surface area contributed by atoms with Crippen molar-refractivity contribution >= 4 is 17.9 Å². The minimum atomic E-state index is -0.543. The third-order valence-electron chi connectivity index (χ3n) is 5.30. The second-order valence-electron chi connectivity index (χ2n) is 7.27. The molecule has 0 N–H and O–H groups in total. The summed E-state index contributed by atoms with van der Waals surface area (Å²) in [7, 11) is 1.73. The van der Waals surface area contributed by atoms with E-state index in [1.54, 1.807) is 16.8 Å². The van der Waals surface area contributed by atoms with Gasteiger partial charge in [-0.3, -0.25) is 9.59 Å². The van der Waals surface area contributed by atoms with E-state index >= 15 is 0 Å². The molecule has 0 saturated carbocycles. The fourth-order valence-corrected chi connectivity index (χ4v) is 3.98. The quantitative estimate of drug-likeness (QED) is 0.776. The Morgan fingerprint density at radius 2 is 1.96 bits per heavy atom. The summed E-state index contributed by atoms with van der Waals surface area (Å²) in [4.78, 5) is 41.5. The second kappa shape index (κ2) is 6.99. The first-order chi connectivity index (χ1) is 11.5. The van der Waals surface area contributed by atoms with E-state index in [0.29, 0.717) is 39.0 Å². The molecular weight excluding hydrogens is 310 g/mol. The number of likely N-dealkylation sites (N-methyl/N-ethyl adjacent to an activating group) is 1. The molecule has 0 aromatic heterocycles. The van der Waals surface area contributed by atoms with Crippen LogP contribution in [0, 0.1) is 0 Å². The van der Waals surface area contributed by atoms with E-state index < -0.39 is 5.60 Å². The van der Waals surface area contributed by atoms with Crippen molar-refractivity contribution in [1.29, 1.82) is 0 Å². The van der Waals surface area contributed by atoms with Crippen LogP contribution in [0.25, 0.3) is 0 Å². The van der Waals surface area contributed by atoms with Crippen LogP contribution in [0.1, 0.15) is 44.9 Å². The molecule has 0 aliphatic carbocycles. The summed E-state index contributed by atoms with van der Waals surface area (Å²) in [5, 5.41) is 0. The molecule has 0 aromatic carbocycles. The van der Waals surface area contributed by atoms with Crippen molar-refractivity contribution in [2.75, 3.05) is 39.8 Å². The first-order valence-corrected chi connectivity index (χ1v) is 8.99. The summed E-state index contributed by atoms with van der Waals surface area (Å²) in [5.74, 6) is 0.221. The van der Waals surface area contributed by atoms with Gasteiger partial charge in [0.25, 0.3) is 0 Å². The molecule has 24 heavy (non-hydrogen) atoms. The lowest BCUT2D eigenvalue weighted by molar-refractivity contribution is -0.138. The minimum absolute atomic E-state index is 0.0525. The zero-order valence-corrected chi connectivity index (χ0v) is 14.5. The van der Waals surface area contributed by atoms with E-state index in [0.717, 1.165) is 38.6 Å². The molecule has 3 aliphatic heterocycles. The van der Waals surface area contributed by atoms with Gasteiger partial charge in [-0.15, -0.1) is 0 Å². The molecule has 1 spiro atoms. The molecular formula is C17H27N3O4. The van der Waals surface area contributed by atoms with E-state index in [9.17, 15) is 14.4 Å². The molecule has 0 bridgehead atoms. The largest absolute Gasteiger partial charge is 0.439 e. The third kappa shape index (κ3) is 3.65. The highest BCUT2D eigenvalue weighted by Gasteiger charge is 2.47. The van der Waals surface area contributed by atoms with Gasteiger partial charge in [0.2, 0.25) is 11.8 Å². The molecule has 1 atom stereocenters. The Kier molecular flexibility index (Phi) is 4.96. The van der Waals surface area contributed by atoms with Crippen LogP contribution in [-0.4, -0.2) is 78.0 Å². The predicted molar refractivity (Wildman–Crippen MR) is 87.3 cm³/mol. The van der Waals surface area contributed by atoms with E-state index in [1.807, 2.05) is 4.90 Å². The minimum Gasteiger partial charge on any atom is -0.439 e. The molecule has 134 valence electrons. The summed E-state index contributed by atoms with van der Waals surface area (Å²) in [6, 6.07) is 0. The number of carbonyl (C=O) groups excluding carboxylic acids is 3. The molecule has 3 saturated heterocycles. The molecule has 3 heterocycles. The number of hydrogen-bond acceptors (Lipinski definition) is 4. The zero-order valence-electron chi connectivity index (χ0n) is 14.5. The van der Waals surface area contributed by atoms with Crippen molar-refractivity contribution in [2.45, 2.75) is 50.5 Å². The van der Waals surface area contributed by atoms with Crippen LogP contribution in [0.4, 0.5) is 4.79 Å². The second-order valence-corrected chi connectivity index (χ2v) is 7.27. The van der Waals surface area contributed by atoms with E-state index in [1.165, 1.54) is 0 Å². The van der Waals surface area contributed by atoms with Gasteiger partial charge in [-0.25, -0.2) is 4.79 Å². The lowest BCUT2D eigenvalue weighted by atomic mass is 9.92. The fourth-order valence-electron chi connectivity index (χ4n) is 3.98. The van der Waals surface area contributed by atoms with Crippen molar-refractivity contribution < 1.29 is 19.1 Å². The van der Waals surface area contributed by atoms with Crippen LogP contribution < -0.4 is 0 Å². The highest BCUT2D eigenvalue weighted by atomic mass is 16.6. The average Bonchev–Trinajstić information content (AvgIpc) is 2.71. The summed E-state index contributed by atoms with van der Waals surface area (Å²) < 4.78 is 5.54. The Bertz CT molecular complexity index is 524.